The third-order valence-electron chi connectivity index (χ3n) is 6.07. The maximum Gasteiger partial charge on any atom is 0.264 e. The molecule has 7 nitrogen and oxygen atoms in total. The van der Waals surface area contributed by atoms with Crippen LogP contribution in [0, 0.1) is 5.82 Å². The van der Waals surface area contributed by atoms with Crippen molar-refractivity contribution < 1.29 is 22.4 Å². The first-order valence-electron chi connectivity index (χ1n) is 12.4. The van der Waals surface area contributed by atoms with E-state index >= 15 is 0 Å². The Labute approximate surface area is 238 Å². The molecule has 0 spiro atoms. The van der Waals surface area contributed by atoms with E-state index in [0.29, 0.717) is 12.1 Å². The third kappa shape index (κ3) is 7.71. The van der Waals surface area contributed by atoms with Gasteiger partial charge in [-0.15, -0.1) is 0 Å². The van der Waals surface area contributed by atoms with Crippen molar-refractivity contribution in [3.63, 3.8) is 0 Å². The molecule has 1 N–H and O–H groups in total. The number of rotatable bonds is 12. The predicted molar refractivity (Wildman–Crippen MR) is 152 cm³/mol. The number of hydrogen-bond donors (Lipinski definition) is 1. The first-order chi connectivity index (χ1) is 18.6. The average Bonchev–Trinajstić information content (AvgIpc) is 2.93. The van der Waals surface area contributed by atoms with Gasteiger partial charge in [0, 0.05) is 13.1 Å². The lowest BCUT2D eigenvalue weighted by Crippen LogP contribution is -2.51. The van der Waals surface area contributed by atoms with Crippen LogP contribution in [0.1, 0.15) is 32.3 Å². The fourth-order valence-corrected chi connectivity index (χ4v) is 5.72. The number of carbonyl (C=O) groups is 2. The Morgan fingerprint density at radius 1 is 0.974 bits per heavy atom. The van der Waals surface area contributed by atoms with Gasteiger partial charge in [0.2, 0.25) is 11.8 Å². The van der Waals surface area contributed by atoms with Crippen molar-refractivity contribution in [2.75, 3.05) is 17.4 Å². The van der Waals surface area contributed by atoms with Gasteiger partial charge in [-0.25, -0.2) is 12.8 Å². The van der Waals surface area contributed by atoms with Crippen LogP contribution >= 0.6 is 23.2 Å². The topological polar surface area (TPSA) is 86.8 Å². The molecule has 0 aliphatic heterocycles. The largest absolute Gasteiger partial charge is 0.354 e. The van der Waals surface area contributed by atoms with E-state index in [1.807, 2.05) is 6.92 Å². The highest BCUT2D eigenvalue weighted by Gasteiger charge is 2.33. The zero-order valence-electron chi connectivity index (χ0n) is 21.6. The van der Waals surface area contributed by atoms with Crippen LogP contribution in [-0.2, 0) is 26.2 Å². The van der Waals surface area contributed by atoms with Gasteiger partial charge in [-0.2, -0.15) is 0 Å². The predicted octanol–water partition coefficient (Wildman–Crippen LogP) is 5.66. The number of nitrogens with one attached hydrogen (secondary N) is 1. The molecule has 2 amide bonds. The molecule has 0 aliphatic rings. The van der Waals surface area contributed by atoms with Gasteiger partial charge in [-0.05, 0) is 55.3 Å². The summed E-state index contributed by atoms with van der Waals surface area (Å²) in [5.74, 6) is -1.50. The molecule has 0 radical (unpaired) electrons. The summed E-state index contributed by atoms with van der Waals surface area (Å²) in [5.41, 5.74) is 0.583. The van der Waals surface area contributed by atoms with Crippen LogP contribution in [0.25, 0.3) is 0 Å². The summed E-state index contributed by atoms with van der Waals surface area (Å²) in [6, 6.07) is 16.7. The van der Waals surface area contributed by atoms with Gasteiger partial charge in [0.15, 0.2) is 0 Å². The Bertz CT molecular complexity index is 1390. The Kier molecular flexibility index (Phi) is 10.7. The van der Waals surface area contributed by atoms with Crippen LogP contribution in [0.5, 0.6) is 0 Å². The monoisotopic (exact) mass is 593 g/mol. The summed E-state index contributed by atoms with van der Waals surface area (Å²) in [6.07, 6.45) is 1.64. The average molecular weight is 595 g/mol. The summed E-state index contributed by atoms with van der Waals surface area (Å²) in [7, 11) is -4.27. The Hall–Kier alpha value is -3.14. The molecule has 0 aromatic heterocycles. The van der Waals surface area contributed by atoms with Crippen LogP contribution in [-0.4, -0.2) is 44.3 Å². The minimum atomic E-state index is -4.27. The molecule has 11 heteroatoms. The van der Waals surface area contributed by atoms with E-state index in [0.717, 1.165) is 17.1 Å². The van der Waals surface area contributed by atoms with Gasteiger partial charge < -0.3 is 10.2 Å². The highest BCUT2D eigenvalue weighted by Crippen LogP contribution is 2.35. The molecule has 0 heterocycles. The van der Waals surface area contributed by atoms with Crippen molar-refractivity contribution in [2.45, 2.75) is 44.2 Å². The van der Waals surface area contributed by atoms with Crippen LogP contribution in [0.15, 0.2) is 77.7 Å². The van der Waals surface area contributed by atoms with Crippen molar-refractivity contribution in [1.82, 2.24) is 10.2 Å². The molecule has 3 aromatic rings. The first-order valence-corrected chi connectivity index (χ1v) is 14.6. The zero-order chi connectivity index (χ0) is 28.6. The number of amides is 2. The van der Waals surface area contributed by atoms with E-state index in [2.05, 4.69) is 5.32 Å². The standard InChI is InChI=1S/C28H30Cl2FN3O4S/c1-3-4-17-32-28(36)20(2)33(18-21-13-15-22(31)16-14-21)26(35)19-34(25-12-8-11-24(29)27(25)30)39(37,38)23-9-6-5-7-10-23/h5-16,20H,3-4,17-19H2,1-2H3,(H,32,36)/t20-/m1/s1. The summed E-state index contributed by atoms with van der Waals surface area (Å²) < 4.78 is 41.9. The minimum Gasteiger partial charge on any atom is -0.354 e. The summed E-state index contributed by atoms with van der Waals surface area (Å²) >= 11 is 12.6. The number of nitrogens with zero attached hydrogens (tertiary/aromatic N) is 2. The molecule has 3 rings (SSSR count). The molecule has 0 unspecified atom stereocenters. The molecule has 0 fully saturated rings. The molecule has 0 bridgehead atoms. The van der Waals surface area contributed by atoms with Gasteiger partial charge in [0.1, 0.15) is 18.4 Å². The van der Waals surface area contributed by atoms with Gasteiger partial charge in [0.05, 0.1) is 20.6 Å². The zero-order valence-corrected chi connectivity index (χ0v) is 23.9. The Morgan fingerprint density at radius 2 is 1.64 bits per heavy atom. The van der Waals surface area contributed by atoms with Crippen LogP contribution in [0.3, 0.4) is 0 Å². The molecule has 0 saturated carbocycles. The van der Waals surface area contributed by atoms with Gasteiger partial charge in [-0.1, -0.05) is 72.9 Å². The fourth-order valence-electron chi connectivity index (χ4n) is 3.82. The molecule has 0 aliphatic carbocycles. The lowest BCUT2D eigenvalue weighted by molar-refractivity contribution is -0.139. The Morgan fingerprint density at radius 3 is 2.28 bits per heavy atom. The van der Waals surface area contributed by atoms with Crippen LogP contribution < -0.4 is 9.62 Å². The molecular weight excluding hydrogens is 564 g/mol. The van der Waals surface area contributed by atoms with Crippen molar-refractivity contribution in [1.29, 1.82) is 0 Å². The normalized spacial score (nSPS) is 12.0. The van der Waals surface area contributed by atoms with Gasteiger partial charge in [0.25, 0.3) is 10.0 Å². The molecular formula is C28H30Cl2FN3O4S. The highest BCUT2D eigenvalue weighted by molar-refractivity contribution is 7.92. The van der Waals surface area contributed by atoms with Crippen molar-refractivity contribution in [3.05, 3.63) is 94.2 Å². The quantitative estimate of drug-likeness (QED) is 0.274. The molecule has 208 valence electrons. The van der Waals surface area contributed by atoms with E-state index in [1.54, 1.807) is 25.1 Å². The van der Waals surface area contributed by atoms with E-state index in [-0.39, 0.29) is 27.2 Å². The SMILES string of the molecule is CCCCNC(=O)[C@@H](C)N(Cc1ccc(F)cc1)C(=O)CN(c1cccc(Cl)c1Cl)S(=O)(=O)c1ccccc1. The van der Waals surface area contributed by atoms with Crippen LogP contribution in [0.4, 0.5) is 10.1 Å². The Balaban J connectivity index is 2.02. The number of halogens is 3. The highest BCUT2D eigenvalue weighted by atomic mass is 35.5. The van der Waals surface area contributed by atoms with E-state index in [9.17, 15) is 22.4 Å². The number of anilines is 1. The second kappa shape index (κ2) is 13.8. The molecule has 3 aromatic carbocycles. The molecule has 0 saturated heterocycles. The minimum absolute atomic E-state index is 0.0168. The van der Waals surface area contributed by atoms with E-state index < -0.39 is 40.2 Å². The fraction of sp³-hybridized carbons (Fsp3) is 0.286. The van der Waals surface area contributed by atoms with Gasteiger partial charge >= 0.3 is 0 Å². The van der Waals surface area contributed by atoms with Crippen molar-refractivity contribution in [3.8, 4) is 0 Å². The third-order valence-corrected chi connectivity index (χ3v) is 8.66. The smallest absolute Gasteiger partial charge is 0.264 e. The second-order valence-electron chi connectivity index (χ2n) is 8.87. The molecule has 1 atom stereocenters. The first kappa shape index (κ1) is 30.4. The number of unbranched alkanes of at least 4 members (excludes halogenated alkanes) is 1. The van der Waals surface area contributed by atoms with Crippen LogP contribution in [0.2, 0.25) is 10.0 Å². The van der Waals surface area contributed by atoms with Crippen molar-refractivity contribution in [2.24, 2.45) is 0 Å². The van der Waals surface area contributed by atoms with E-state index in [4.69, 9.17) is 23.2 Å². The number of benzene rings is 3. The summed E-state index contributed by atoms with van der Waals surface area (Å²) in [5, 5.41) is 2.88. The molecule has 39 heavy (non-hydrogen) atoms. The van der Waals surface area contributed by atoms with Crippen molar-refractivity contribution >= 4 is 50.7 Å². The van der Waals surface area contributed by atoms with Gasteiger partial charge in [-0.3, -0.25) is 13.9 Å². The number of hydrogen-bond acceptors (Lipinski definition) is 4. The summed E-state index contributed by atoms with van der Waals surface area (Å²) in [4.78, 5) is 28.0. The lowest BCUT2D eigenvalue weighted by Gasteiger charge is -2.32. The number of sulfonamides is 1. The second-order valence-corrected chi connectivity index (χ2v) is 11.5. The maximum absolute atomic E-state index is 13.8. The maximum atomic E-state index is 13.8. The lowest BCUT2D eigenvalue weighted by atomic mass is 10.1. The van der Waals surface area contributed by atoms with E-state index in [1.165, 1.54) is 59.5 Å². The number of carbonyl (C=O) groups excluding carboxylic acids is 2. The summed E-state index contributed by atoms with van der Waals surface area (Å²) in [6.45, 7) is 3.27.